The SMILES string of the molecule is O=C1CC[C@H](NCc2ccccc2)C(=O)N1. The molecule has 2 rings (SSSR count). The quantitative estimate of drug-likeness (QED) is 0.730. The number of amides is 2. The molecular formula is C12H14N2O2. The first-order chi connectivity index (χ1) is 7.75. The lowest BCUT2D eigenvalue weighted by Crippen LogP contribution is -2.50. The molecule has 2 N–H and O–H groups in total. The summed E-state index contributed by atoms with van der Waals surface area (Å²) >= 11 is 0. The van der Waals surface area contributed by atoms with Gasteiger partial charge in [-0.05, 0) is 12.0 Å². The van der Waals surface area contributed by atoms with Gasteiger partial charge in [0.2, 0.25) is 11.8 Å². The molecule has 0 aromatic heterocycles. The zero-order valence-corrected chi connectivity index (χ0v) is 8.90. The van der Waals surface area contributed by atoms with E-state index in [1.165, 1.54) is 0 Å². The van der Waals surface area contributed by atoms with Crippen LogP contribution in [0.25, 0.3) is 0 Å². The summed E-state index contributed by atoms with van der Waals surface area (Å²) in [6.45, 7) is 0.646. The Morgan fingerprint density at radius 3 is 2.69 bits per heavy atom. The molecule has 1 heterocycles. The Labute approximate surface area is 94.0 Å². The van der Waals surface area contributed by atoms with Crippen LogP contribution in [0.15, 0.2) is 30.3 Å². The average Bonchev–Trinajstić information content (AvgIpc) is 2.29. The smallest absolute Gasteiger partial charge is 0.243 e. The highest BCUT2D eigenvalue weighted by Gasteiger charge is 2.25. The minimum atomic E-state index is -0.252. The molecule has 16 heavy (non-hydrogen) atoms. The molecule has 0 aliphatic carbocycles. The molecule has 4 heteroatoms. The molecule has 2 amide bonds. The van der Waals surface area contributed by atoms with Crippen molar-refractivity contribution in [3.05, 3.63) is 35.9 Å². The van der Waals surface area contributed by atoms with Gasteiger partial charge in [0.25, 0.3) is 0 Å². The van der Waals surface area contributed by atoms with Crippen LogP contribution in [0.1, 0.15) is 18.4 Å². The Bertz CT molecular complexity index is 389. The van der Waals surface area contributed by atoms with Crippen molar-refractivity contribution in [3.8, 4) is 0 Å². The molecule has 4 nitrogen and oxygen atoms in total. The standard InChI is InChI=1S/C12H14N2O2/c15-11-7-6-10(12(16)14-11)13-8-9-4-2-1-3-5-9/h1-5,10,13H,6-8H2,(H,14,15,16)/t10-/m0/s1. The lowest BCUT2D eigenvalue weighted by atomic mass is 10.1. The van der Waals surface area contributed by atoms with Gasteiger partial charge in [-0.1, -0.05) is 30.3 Å². The highest BCUT2D eigenvalue weighted by molar-refractivity contribution is 6.00. The van der Waals surface area contributed by atoms with E-state index in [2.05, 4.69) is 10.6 Å². The number of rotatable bonds is 3. The van der Waals surface area contributed by atoms with Gasteiger partial charge < -0.3 is 5.32 Å². The zero-order valence-electron chi connectivity index (χ0n) is 8.90. The van der Waals surface area contributed by atoms with Crippen molar-refractivity contribution in [3.63, 3.8) is 0 Å². The molecule has 0 spiro atoms. The maximum atomic E-state index is 11.4. The third-order valence-corrected chi connectivity index (χ3v) is 2.63. The van der Waals surface area contributed by atoms with Gasteiger partial charge in [0.15, 0.2) is 0 Å². The van der Waals surface area contributed by atoms with E-state index < -0.39 is 0 Å². The fourth-order valence-electron chi connectivity index (χ4n) is 1.73. The third kappa shape index (κ3) is 2.67. The first kappa shape index (κ1) is 10.8. The van der Waals surface area contributed by atoms with Crippen molar-refractivity contribution in [2.75, 3.05) is 0 Å². The second-order valence-electron chi connectivity index (χ2n) is 3.87. The van der Waals surface area contributed by atoms with Crippen molar-refractivity contribution in [1.29, 1.82) is 0 Å². The lowest BCUT2D eigenvalue weighted by molar-refractivity contribution is -0.134. The molecule has 1 aliphatic rings. The van der Waals surface area contributed by atoms with Crippen LogP contribution in [-0.4, -0.2) is 17.9 Å². The van der Waals surface area contributed by atoms with E-state index in [0.717, 1.165) is 5.56 Å². The minimum absolute atomic E-state index is 0.178. The average molecular weight is 218 g/mol. The van der Waals surface area contributed by atoms with Gasteiger partial charge in [0, 0.05) is 13.0 Å². The van der Waals surface area contributed by atoms with Crippen molar-refractivity contribution < 1.29 is 9.59 Å². The largest absolute Gasteiger partial charge is 0.302 e. The molecule has 1 aromatic rings. The number of benzene rings is 1. The van der Waals surface area contributed by atoms with E-state index in [1.54, 1.807) is 0 Å². The highest BCUT2D eigenvalue weighted by Crippen LogP contribution is 2.06. The molecule has 0 saturated carbocycles. The maximum Gasteiger partial charge on any atom is 0.243 e. The summed E-state index contributed by atoms with van der Waals surface area (Å²) in [7, 11) is 0. The molecule has 1 aliphatic heterocycles. The van der Waals surface area contributed by atoms with Crippen LogP contribution in [0, 0.1) is 0 Å². The van der Waals surface area contributed by atoms with Gasteiger partial charge in [-0.25, -0.2) is 0 Å². The summed E-state index contributed by atoms with van der Waals surface area (Å²) in [5.74, 6) is -0.394. The summed E-state index contributed by atoms with van der Waals surface area (Å²) in [5, 5.41) is 5.47. The fraction of sp³-hybridized carbons (Fsp3) is 0.333. The second-order valence-corrected chi connectivity index (χ2v) is 3.87. The van der Waals surface area contributed by atoms with Gasteiger partial charge >= 0.3 is 0 Å². The van der Waals surface area contributed by atoms with E-state index in [9.17, 15) is 9.59 Å². The topological polar surface area (TPSA) is 58.2 Å². The summed E-state index contributed by atoms with van der Waals surface area (Å²) in [4.78, 5) is 22.4. The first-order valence-electron chi connectivity index (χ1n) is 5.37. The van der Waals surface area contributed by atoms with Crippen LogP contribution in [-0.2, 0) is 16.1 Å². The van der Waals surface area contributed by atoms with Crippen molar-refractivity contribution >= 4 is 11.8 Å². The predicted molar refractivity (Wildman–Crippen MR) is 59.5 cm³/mol. The molecule has 1 atom stereocenters. The number of piperidine rings is 1. The number of carbonyl (C=O) groups is 2. The Morgan fingerprint density at radius 1 is 1.25 bits per heavy atom. The maximum absolute atomic E-state index is 11.4. The van der Waals surface area contributed by atoms with Gasteiger partial charge in [0.1, 0.15) is 0 Å². The first-order valence-corrected chi connectivity index (χ1v) is 5.37. The van der Waals surface area contributed by atoms with Crippen LogP contribution in [0.2, 0.25) is 0 Å². The van der Waals surface area contributed by atoms with Crippen LogP contribution < -0.4 is 10.6 Å². The van der Waals surface area contributed by atoms with Gasteiger partial charge in [0.05, 0.1) is 6.04 Å². The van der Waals surface area contributed by atoms with Gasteiger partial charge in [-0.3, -0.25) is 14.9 Å². The van der Waals surface area contributed by atoms with E-state index in [4.69, 9.17) is 0 Å². The van der Waals surface area contributed by atoms with Crippen molar-refractivity contribution in [1.82, 2.24) is 10.6 Å². The monoisotopic (exact) mass is 218 g/mol. The second kappa shape index (κ2) is 4.90. The molecule has 84 valence electrons. The van der Waals surface area contributed by atoms with Crippen LogP contribution in [0.4, 0.5) is 0 Å². The Kier molecular flexibility index (Phi) is 3.31. The third-order valence-electron chi connectivity index (χ3n) is 2.63. The van der Waals surface area contributed by atoms with E-state index in [-0.39, 0.29) is 17.9 Å². The Balaban J connectivity index is 1.87. The minimum Gasteiger partial charge on any atom is -0.302 e. The highest BCUT2D eigenvalue weighted by atomic mass is 16.2. The number of nitrogens with one attached hydrogen (secondary N) is 2. The molecular weight excluding hydrogens is 204 g/mol. The Morgan fingerprint density at radius 2 is 2.00 bits per heavy atom. The van der Waals surface area contributed by atoms with E-state index >= 15 is 0 Å². The van der Waals surface area contributed by atoms with Gasteiger partial charge in [-0.2, -0.15) is 0 Å². The number of hydrogen-bond acceptors (Lipinski definition) is 3. The van der Waals surface area contributed by atoms with Crippen LogP contribution >= 0.6 is 0 Å². The Hall–Kier alpha value is -1.68. The van der Waals surface area contributed by atoms with Crippen molar-refractivity contribution in [2.45, 2.75) is 25.4 Å². The lowest BCUT2D eigenvalue weighted by Gasteiger charge is -2.21. The summed E-state index contributed by atoms with van der Waals surface area (Å²) in [6.07, 6.45) is 0.996. The molecule has 1 saturated heterocycles. The summed E-state index contributed by atoms with van der Waals surface area (Å²) in [5.41, 5.74) is 1.13. The van der Waals surface area contributed by atoms with Crippen LogP contribution in [0.3, 0.4) is 0 Å². The molecule has 0 unspecified atom stereocenters. The zero-order chi connectivity index (χ0) is 11.4. The van der Waals surface area contributed by atoms with E-state index in [1.807, 2.05) is 30.3 Å². The van der Waals surface area contributed by atoms with Crippen molar-refractivity contribution in [2.24, 2.45) is 0 Å². The molecule has 0 bridgehead atoms. The molecule has 0 radical (unpaired) electrons. The summed E-state index contributed by atoms with van der Waals surface area (Å²) < 4.78 is 0. The fourth-order valence-corrected chi connectivity index (χ4v) is 1.73. The summed E-state index contributed by atoms with van der Waals surface area (Å²) in [6, 6.07) is 9.62. The normalized spacial score (nSPS) is 20.6. The van der Waals surface area contributed by atoms with E-state index in [0.29, 0.717) is 19.4 Å². The molecule has 1 fully saturated rings. The number of carbonyl (C=O) groups excluding carboxylic acids is 2. The van der Waals surface area contributed by atoms with Crippen LogP contribution in [0.5, 0.6) is 0 Å². The molecule has 1 aromatic carbocycles. The number of hydrogen-bond donors (Lipinski definition) is 2. The number of imide groups is 1. The van der Waals surface area contributed by atoms with Gasteiger partial charge in [-0.15, -0.1) is 0 Å². The predicted octanol–water partition coefficient (Wildman–Crippen LogP) is 0.581.